The number of carbonyl (C=O) groups is 1. The fraction of sp³-hybridized carbons (Fsp3) is 0.500. The van der Waals surface area contributed by atoms with Gasteiger partial charge in [-0.3, -0.25) is 4.79 Å². The van der Waals surface area contributed by atoms with Crippen LogP contribution in [0.15, 0.2) is 18.2 Å². The number of rotatable bonds is 3. The molecule has 1 amide bonds. The fourth-order valence-corrected chi connectivity index (χ4v) is 4.15. The molecule has 3 nitrogen and oxygen atoms in total. The average molecular weight is 322 g/mol. The van der Waals surface area contributed by atoms with Gasteiger partial charge in [0.25, 0.3) is 5.91 Å². The largest absolute Gasteiger partial charge is 0.392 e. The van der Waals surface area contributed by atoms with Crippen molar-refractivity contribution in [2.75, 3.05) is 19.3 Å². The molecule has 1 heterocycles. The molecule has 5 heteroatoms. The lowest BCUT2D eigenvalue weighted by molar-refractivity contribution is 0.0718. The van der Waals surface area contributed by atoms with Crippen LogP contribution >= 0.6 is 24.0 Å². The van der Waals surface area contributed by atoms with Crippen molar-refractivity contribution in [2.24, 2.45) is 5.73 Å². The topological polar surface area (TPSA) is 46.3 Å². The van der Waals surface area contributed by atoms with Gasteiger partial charge in [-0.25, -0.2) is 0 Å². The van der Waals surface area contributed by atoms with Gasteiger partial charge in [-0.1, -0.05) is 29.4 Å². The van der Waals surface area contributed by atoms with Gasteiger partial charge in [-0.2, -0.15) is 11.8 Å². The summed E-state index contributed by atoms with van der Waals surface area (Å²) in [4.78, 5) is 15.1. The number of likely N-dealkylation sites (tertiary alicyclic amines) is 1. The molecule has 21 heavy (non-hydrogen) atoms. The number of hydrogen-bond donors (Lipinski definition) is 1. The van der Waals surface area contributed by atoms with Gasteiger partial charge in [0.05, 0.1) is 9.74 Å². The van der Waals surface area contributed by atoms with E-state index in [9.17, 15) is 4.79 Å². The number of benzene rings is 1. The summed E-state index contributed by atoms with van der Waals surface area (Å²) in [5, 5.41) is 0. The van der Waals surface area contributed by atoms with Gasteiger partial charge in [0.1, 0.15) is 0 Å². The first-order chi connectivity index (χ1) is 9.88. The summed E-state index contributed by atoms with van der Waals surface area (Å²) < 4.78 is -0.144. The lowest BCUT2D eigenvalue weighted by atomic mass is 9.95. The maximum atomic E-state index is 12.6. The first-order valence-corrected chi connectivity index (χ1v) is 8.74. The Bertz CT molecular complexity index is 543. The molecule has 0 atom stereocenters. The smallest absolute Gasteiger partial charge is 0.253 e. The second kappa shape index (κ2) is 6.36. The Morgan fingerprint density at radius 2 is 1.76 bits per heavy atom. The molecule has 1 fully saturated rings. The van der Waals surface area contributed by atoms with Gasteiger partial charge < -0.3 is 10.6 Å². The quantitative estimate of drug-likeness (QED) is 0.869. The third-order valence-corrected chi connectivity index (χ3v) is 6.10. The van der Waals surface area contributed by atoms with Gasteiger partial charge in [0.15, 0.2) is 0 Å². The Morgan fingerprint density at radius 1 is 1.24 bits per heavy atom. The van der Waals surface area contributed by atoms with E-state index in [0.29, 0.717) is 18.1 Å². The third kappa shape index (κ3) is 3.40. The SMILES string of the molecule is CSC1(C(N)=S)CCN(C(=O)c2cc(C)cc(C)c2)CC1. The van der Waals surface area contributed by atoms with Crippen molar-refractivity contribution in [3.8, 4) is 0 Å². The lowest BCUT2D eigenvalue weighted by Crippen LogP contribution is -2.50. The van der Waals surface area contributed by atoms with Crippen LogP contribution in [0.2, 0.25) is 0 Å². The maximum absolute atomic E-state index is 12.6. The van der Waals surface area contributed by atoms with E-state index in [2.05, 4.69) is 6.07 Å². The van der Waals surface area contributed by atoms with E-state index >= 15 is 0 Å². The minimum atomic E-state index is -0.144. The molecule has 0 aliphatic carbocycles. The molecule has 114 valence electrons. The molecule has 0 bridgehead atoms. The summed E-state index contributed by atoms with van der Waals surface area (Å²) in [6, 6.07) is 6.00. The highest BCUT2D eigenvalue weighted by atomic mass is 32.2. The number of thioether (sulfide) groups is 1. The van der Waals surface area contributed by atoms with E-state index in [-0.39, 0.29) is 10.7 Å². The van der Waals surface area contributed by atoms with Gasteiger partial charge in [0, 0.05) is 18.7 Å². The zero-order valence-electron chi connectivity index (χ0n) is 12.8. The van der Waals surface area contributed by atoms with E-state index in [1.54, 1.807) is 11.8 Å². The minimum Gasteiger partial charge on any atom is -0.392 e. The maximum Gasteiger partial charge on any atom is 0.253 e. The molecule has 0 unspecified atom stereocenters. The van der Waals surface area contributed by atoms with Gasteiger partial charge in [0.2, 0.25) is 0 Å². The number of carbonyl (C=O) groups excluding carboxylic acids is 1. The highest BCUT2D eigenvalue weighted by Gasteiger charge is 2.37. The summed E-state index contributed by atoms with van der Waals surface area (Å²) in [6.45, 7) is 5.46. The van der Waals surface area contributed by atoms with Crippen molar-refractivity contribution in [3.05, 3.63) is 34.9 Å². The van der Waals surface area contributed by atoms with Crippen LogP contribution in [0.4, 0.5) is 0 Å². The molecule has 0 radical (unpaired) electrons. The fourth-order valence-electron chi connectivity index (χ4n) is 2.90. The number of aryl methyl sites for hydroxylation is 2. The highest BCUT2D eigenvalue weighted by molar-refractivity contribution is 8.02. The normalized spacial score (nSPS) is 17.6. The molecule has 1 aliphatic rings. The molecule has 0 saturated carbocycles. The molecule has 1 aromatic rings. The van der Waals surface area contributed by atoms with Crippen LogP contribution in [-0.4, -0.2) is 39.9 Å². The Kier molecular flexibility index (Phi) is 4.94. The van der Waals surface area contributed by atoms with Crippen LogP contribution < -0.4 is 5.73 Å². The second-order valence-corrected chi connectivity index (χ2v) is 7.36. The molecular weight excluding hydrogens is 300 g/mol. The highest BCUT2D eigenvalue weighted by Crippen LogP contribution is 2.35. The Labute approximate surface area is 136 Å². The van der Waals surface area contributed by atoms with E-state index in [1.807, 2.05) is 37.1 Å². The predicted molar refractivity (Wildman–Crippen MR) is 94.1 cm³/mol. The summed E-state index contributed by atoms with van der Waals surface area (Å²) in [5.74, 6) is 0.111. The first-order valence-electron chi connectivity index (χ1n) is 7.10. The molecule has 1 aromatic carbocycles. The monoisotopic (exact) mass is 322 g/mol. The summed E-state index contributed by atoms with van der Waals surface area (Å²) in [7, 11) is 0. The van der Waals surface area contributed by atoms with Crippen molar-refractivity contribution in [3.63, 3.8) is 0 Å². The van der Waals surface area contributed by atoms with E-state index < -0.39 is 0 Å². The molecule has 1 aliphatic heterocycles. The number of nitrogens with two attached hydrogens (primary N) is 1. The molecule has 2 rings (SSSR count). The van der Waals surface area contributed by atoms with Crippen LogP contribution in [0.3, 0.4) is 0 Å². The summed E-state index contributed by atoms with van der Waals surface area (Å²) >= 11 is 6.92. The van der Waals surface area contributed by atoms with Crippen LogP contribution in [0.1, 0.15) is 34.3 Å². The van der Waals surface area contributed by atoms with Gasteiger partial charge >= 0.3 is 0 Å². The molecule has 0 spiro atoms. The minimum absolute atomic E-state index is 0.111. The Balaban J connectivity index is 2.11. The van der Waals surface area contributed by atoms with Gasteiger partial charge in [-0.05, 0) is 45.1 Å². The molecule has 0 aromatic heterocycles. The van der Waals surface area contributed by atoms with Gasteiger partial charge in [-0.15, -0.1) is 0 Å². The second-order valence-electron chi connectivity index (χ2n) is 5.73. The van der Waals surface area contributed by atoms with Crippen molar-refractivity contribution in [2.45, 2.75) is 31.4 Å². The Morgan fingerprint density at radius 3 is 2.19 bits per heavy atom. The Hall–Kier alpha value is -1.07. The van der Waals surface area contributed by atoms with Crippen LogP contribution in [-0.2, 0) is 0 Å². The number of piperidine rings is 1. The lowest BCUT2D eigenvalue weighted by Gasteiger charge is -2.40. The van der Waals surface area contributed by atoms with Crippen LogP contribution in [0, 0.1) is 13.8 Å². The summed E-state index contributed by atoms with van der Waals surface area (Å²) in [6.07, 6.45) is 3.71. The standard InChI is InChI=1S/C16H22N2OS2/c1-11-8-12(2)10-13(9-11)14(19)18-6-4-16(21-3,5-7-18)15(17)20/h8-10H,4-7H2,1-3H3,(H2,17,20). The van der Waals surface area contributed by atoms with Crippen LogP contribution in [0.5, 0.6) is 0 Å². The van der Waals surface area contributed by atoms with E-state index in [4.69, 9.17) is 18.0 Å². The number of nitrogens with zero attached hydrogens (tertiary/aromatic N) is 1. The van der Waals surface area contributed by atoms with Crippen molar-refractivity contribution >= 4 is 34.9 Å². The van der Waals surface area contributed by atoms with E-state index in [1.165, 1.54) is 0 Å². The summed E-state index contributed by atoms with van der Waals surface area (Å²) in [5.41, 5.74) is 8.91. The van der Waals surface area contributed by atoms with Crippen molar-refractivity contribution < 1.29 is 4.79 Å². The zero-order chi connectivity index (χ0) is 15.6. The molecule has 1 saturated heterocycles. The number of hydrogen-bond acceptors (Lipinski definition) is 3. The average Bonchev–Trinajstić information content (AvgIpc) is 2.45. The zero-order valence-corrected chi connectivity index (χ0v) is 14.4. The number of thiocarbonyl (C=S) groups is 1. The number of amides is 1. The van der Waals surface area contributed by atoms with Crippen molar-refractivity contribution in [1.29, 1.82) is 0 Å². The van der Waals surface area contributed by atoms with E-state index in [0.717, 1.165) is 29.5 Å². The van der Waals surface area contributed by atoms with Crippen LogP contribution in [0.25, 0.3) is 0 Å². The molecular formula is C16H22N2OS2. The first kappa shape index (κ1) is 16.3. The third-order valence-electron chi connectivity index (χ3n) is 4.17. The van der Waals surface area contributed by atoms with Crippen molar-refractivity contribution in [1.82, 2.24) is 4.90 Å². The molecule has 2 N–H and O–H groups in total. The predicted octanol–water partition coefficient (Wildman–Crippen LogP) is 2.93.